The first-order valence-electron chi connectivity index (χ1n) is 6.04. The van der Waals surface area contributed by atoms with Crippen LogP contribution in [0.2, 0.25) is 0 Å². The minimum atomic E-state index is 0.221. The molecule has 2 rings (SSSR count). The van der Waals surface area contributed by atoms with Crippen molar-refractivity contribution in [2.45, 2.75) is 38.9 Å². The van der Waals surface area contributed by atoms with Crippen LogP contribution in [0.5, 0.6) is 0 Å². The van der Waals surface area contributed by atoms with E-state index in [0.29, 0.717) is 5.92 Å². The molecule has 1 fully saturated rings. The minimum absolute atomic E-state index is 0.221. The van der Waals surface area contributed by atoms with Gasteiger partial charge in [0, 0.05) is 0 Å². The lowest BCUT2D eigenvalue weighted by atomic mass is 9.88. The Balaban J connectivity index is 2.12. The standard InChI is InChI=1S/C15H20O/c1-11(2)15-12(3)9-10-14(16-15)13-7-5-4-6-8-13/h4-8,12,14-15H,1,9-10H2,2-3H3/t12-,14+,15+/m1/s1. The Morgan fingerprint density at radius 3 is 2.56 bits per heavy atom. The van der Waals surface area contributed by atoms with Crippen LogP contribution < -0.4 is 0 Å². The maximum Gasteiger partial charge on any atom is 0.0833 e. The lowest BCUT2D eigenvalue weighted by molar-refractivity contribution is -0.0611. The predicted molar refractivity (Wildman–Crippen MR) is 67.3 cm³/mol. The van der Waals surface area contributed by atoms with Crippen molar-refractivity contribution in [1.82, 2.24) is 0 Å². The summed E-state index contributed by atoms with van der Waals surface area (Å²) < 4.78 is 6.15. The molecule has 1 aliphatic heterocycles. The third-order valence-electron chi connectivity index (χ3n) is 3.37. The molecule has 1 aromatic rings. The van der Waals surface area contributed by atoms with Gasteiger partial charge in [0.05, 0.1) is 12.2 Å². The third kappa shape index (κ3) is 2.35. The molecule has 0 N–H and O–H groups in total. The fraction of sp³-hybridized carbons (Fsp3) is 0.467. The van der Waals surface area contributed by atoms with Gasteiger partial charge >= 0.3 is 0 Å². The van der Waals surface area contributed by atoms with Gasteiger partial charge in [0.2, 0.25) is 0 Å². The SMILES string of the molecule is C=C(C)[C@@H]1O[C@H](c2ccccc2)CC[C@H]1C. The number of ether oxygens (including phenoxy) is 1. The Kier molecular flexibility index (Phi) is 3.45. The highest BCUT2D eigenvalue weighted by Gasteiger charge is 2.29. The molecular formula is C15H20O. The van der Waals surface area contributed by atoms with Crippen LogP contribution in [0.4, 0.5) is 0 Å². The van der Waals surface area contributed by atoms with Crippen molar-refractivity contribution in [3.8, 4) is 0 Å². The number of rotatable bonds is 2. The fourth-order valence-electron chi connectivity index (χ4n) is 2.46. The number of hydrogen-bond acceptors (Lipinski definition) is 1. The molecule has 16 heavy (non-hydrogen) atoms. The maximum atomic E-state index is 6.15. The summed E-state index contributed by atoms with van der Waals surface area (Å²) in [6, 6.07) is 10.5. The van der Waals surface area contributed by atoms with E-state index in [2.05, 4.69) is 44.7 Å². The molecule has 0 spiro atoms. The summed E-state index contributed by atoms with van der Waals surface area (Å²) in [5.41, 5.74) is 2.44. The van der Waals surface area contributed by atoms with Crippen LogP contribution >= 0.6 is 0 Å². The first kappa shape index (κ1) is 11.4. The molecule has 1 aromatic carbocycles. The van der Waals surface area contributed by atoms with Crippen LogP contribution in [0.3, 0.4) is 0 Å². The topological polar surface area (TPSA) is 9.23 Å². The smallest absolute Gasteiger partial charge is 0.0833 e. The highest BCUT2D eigenvalue weighted by molar-refractivity contribution is 5.18. The zero-order chi connectivity index (χ0) is 11.5. The monoisotopic (exact) mass is 216 g/mol. The van der Waals surface area contributed by atoms with E-state index < -0.39 is 0 Å². The van der Waals surface area contributed by atoms with Gasteiger partial charge in [-0.25, -0.2) is 0 Å². The summed E-state index contributed by atoms with van der Waals surface area (Å²) in [6.07, 6.45) is 2.81. The fourth-order valence-corrected chi connectivity index (χ4v) is 2.46. The molecule has 0 aliphatic carbocycles. The Labute approximate surface area is 98.1 Å². The molecule has 86 valence electrons. The number of benzene rings is 1. The van der Waals surface area contributed by atoms with E-state index in [1.54, 1.807) is 0 Å². The minimum Gasteiger partial charge on any atom is -0.366 e. The summed E-state index contributed by atoms with van der Waals surface area (Å²) >= 11 is 0. The van der Waals surface area contributed by atoms with Gasteiger partial charge in [0.1, 0.15) is 0 Å². The summed E-state index contributed by atoms with van der Waals surface area (Å²) in [5, 5.41) is 0. The van der Waals surface area contributed by atoms with Gasteiger partial charge in [-0.2, -0.15) is 0 Å². The van der Waals surface area contributed by atoms with Gasteiger partial charge in [0.25, 0.3) is 0 Å². The van der Waals surface area contributed by atoms with E-state index in [1.807, 2.05) is 6.07 Å². The highest BCUT2D eigenvalue weighted by atomic mass is 16.5. The largest absolute Gasteiger partial charge is 0.366 e. The van der Waals surface area contributed by atoms with Crippen LogP contribution in [0.15, 0.2) is 42.5 Å². The summed E-state index contributed by atoms with van der Waals surface area (Å²) in [4.78, 5) is 0. The molecule has 1 heteroatoms. The van der Waals surface area contributed by atoms with Crippen molar-refractivity contribution in [3.63, 3.8) is 0 Å². The first-order chi connectivity index (χ1) is 7.68. The molecule has 1 nitrogen and oxygen atoms in total. The van der Waals surface area contributed by atoms with Crippen molar-refractivity contribution >= 4 is 0 Å². The van der Waals surface area contributed by atoms with Gasteiger partial charge in [-0.1, -0.05) is 49.4 Å². The Hall–Kier alpha value is -1.08. The van der Waals surface area contributed by atoms with E-state index in [9.17, 15) is 0 Å². The predicted octanol–water partition coefficient (Wildman–Crippen LogP) is 4.12. The zero-order valence-corrected chi connectivity index (χ0v) is 10.1. The van der Waals surface area contributed by atoms with Crippen LogP contribution in [0.1, 0.15) is 38.4 Å². The van der Waals surface area contributed by atoms with Gasteiger partial charge in [-0.3, -0.25) is 0 Å². The molecular weight excluding hydrogens is 196 g/mol. The summed E-state index contributed by atoms with van der Waals surface area (Å²) in [7, 11) is 0. The van der Waals surface area contributed by atoms with Crippen LogP contribution in [-0.4, -0.2) is 6.10 Å². The molecule has 0 amide bonds. The summed E-state index contributed by atoms with van der Waals surface area (Å²) in [5.74, 6) is 0.595. The molecule has 1 heterocycles. The van der Waals surface area contributed by atoms with E-state index in [-0.39, 0.29) is 12.2 Å². The normalized spacial score (nSPS) is 30.0. The van der Waals surface area contributed by atoms with E-state index in [0.717, 1.165) is 12.0 Å². The molecule has 0 unspecified atom stereocenters. The van der Waals surface area contributed by atoms with Crippen molar-refractivity contribution < 1.29 is 4.74 Å². The maximum absolute atomic E-state index is 6.15. The van der Waals surface area contributed by atoms with Crippen molar-refractivity contribution in [1.29, 1.82) is 0 Å². The van der Waals surface area contributed by atoms with Crippen LogP contribution in [0, 0.1) is 5.92 Å². The van der Waals surface area contributed by atoms with E-state index >= 15 is 0 Å². The van der Waals surface area contributed by atoms with Crippen molar-refractivity contribution in [2.75, 3.05) is 0 Å². The Morgan fingerprint density at radius 1 is 1.25 bits per heavy atom. The van der Waals surface area contributed by atoms with Gasteiger partial charge < -0.3 is 4.74 Å². The van der Waals surface area contributed by atoms with Gasteiger partial charge in [0.15, 0.2) is 0 Å². The molecule has 0 bridgehead atoms. The second-order valence-corrected chi connectivity index (χ2v) is 4.86. The third-order valence-corrected chi connectivity index (χ3v) is 3.37. The lowest BCUT2D eigenvalue weighted by Crippen LogP contribution is -2.30. The second kappa shape index (κ2) is 4.84. The average Bonchev–Trinajstić information content (AvgIpc) is 2.30. The molecule has 1 saturated heterocycles. The lowest BCUT2D eigenvalue weighted by Gasteiger charge is -2.35. The zero-order valence-electron chi connectivity index (χ0n) is 10.1. The number of hydrogen-bond donors (Lipinski definition) is 0. The Bertz CT molecular complexity index is 355. The van der Waals surface area contributed by atoms with Crippen molar-refractivity contribution in [3.05, 3.63) is 48.0 Å². The molecule has 0 aromatic heterocycles. The molecule has 3 atom stereocenters. The van der Waals surface area contributed by atoms with E-state index in [1.165, 1.54) is 12.0 Å². The molecule has 0 radical (unpaired) electrons. The molecule has 0 saturated carbocycles. The first-order valence-corrected chi connectivity index (χ1v) is 6.04. The second-order valence-electron chi connectivity index (χ2n) is 4.86. The van der Waals surface area contributed by atoms with Gasteiger partial charge in [-0.05, 0) is 31.2 Å². The summed E-state index contributed by atoms with van der Waals surface area (Å²) in [6.45, 7) is 8.35. The molecule has 1 aliphatic rings. The van der Waals surface area contributed by atoms with Crippen LogP contribution in [0.25, 0.3) is 0 Å². The van der Waals surface area contributed by atoms with Gasteiger partial charge in [-0.15, -0.1) is 0 Å². The van der Waals surface area contributed by atoms with Crippen molar-refractivity contribution in [2.24, 2.45) is 5.92 Å². The van der Waals surface area contributed by atoms with Crippen LogP contribution in [-0.2, 0) is 4.74 Å². The highest BCUT2D eigenvalue weighted by Crippen LogP contribution is 2.36. The quantitative estimate of drug-likeness (QED) is 0.676. The Morgan fingerprint density at radius 2 is 1.94 bits per heavy atom. The average molecular weight is 216 g/mol. The van der Waals surface area contributed by atoms with E-state index in [4.69, 9.17) is 4.74 Å².